The average Bonchev–Trinajstić information content (AvgIpc) is 2.83. The Kier molecular flexibility index (Phi) is 6.65. The molecule has 0 unspecified atom stereocenters. The second kappa shape index (κ2) is 9.54. The molecule has 36 heavy (non-hydrogen) atoms. The minimum Gasteiger partial charge on any atom is -0.507 e. The zero-order chi connectivity index (χ0) is 26.3. The van der Waals surface area contributed by atoms with Crippen molar-refractivity contribution in [1.82, 2.24) is 0 Å². The largest absolute Gasteiger partial charge is 0.507 e. The SMILES string of the molecule is COc1cc(O)c2c(=O)cc(-c3c(O)cccc3O[C@@H]3O[C@@H](C(=O)O)[C@@H](O)[C@@H](O)[C@@H]3O)oc2c1OC. The molecule has 13 nitrogen and oxygen atoms in total. The van der Waals surface area contributed by atoms with Gasteiger partial charge >= 0.3 is 5.97 Å². The smallest absolute Gasteiger partial charge is 0.335 e. The van der Waals surface area contributed by atoms with Gasteiger partial charge in [-0.15, -0.1) is 0 Å². The Hall–Kier alpha value is -4.04. The quantitative estimate of drug-likeness (QED) is 0.264. The highest BCUT2D eigenvalue weighted by molar-refractivity contribution is 5.92. The van der Waals surface area contributed by atoms with E-state index in [9.17, 15) is 40.2 Å². The fraction of sp³-hybridized carbons (Fsp3) is 0.304. The Labute approximate surface area is 201 Å². The van der Waals surface area contributed by atoms with Crippen molar-refractivity contribution >= 4 is 16.9 Å². The molecule has 6 N–H and O–H groups in total. The van der Waals surface area contributed by atoms with Gasteiger partial charge in [0.05, 0.1) is 14.2 Å². The summed E-state index contributed by atoms with van der Waals surface area (Å²) in [5.41, 5.74) is -1.12. The van der Waals surface area contributed by atoms with Gasteiger partial charge in [0.2, 0.25) is 12.0 Å². The third-order valence-corrected chi connectivity index (χ3v) is 5.63. The Balaban J connectivity index is 1.85. The molecule has 5 atom stereocenters. The predicted octanol–water partition coefficient (Wildman–Crippen LogP) is 0.159. The van der Waals surface area contributed by atoms with Crippen molar-refractivity contribution < 1.29 is 58.8 Å². The fourth-order valence-corrected chi connectivity index (χ4v) is 3.88. The van der Waals surface area contributed by atoms with Crippen LogP contribution in [0.1, 0.15) is 0 Å². The van der Waals surface area contributed by atoms with Crippen molar-refractivity contribution in [3.63, 3.8) is 0 Å². The fourth-order valence-electron chi connectivity index (χ4n) is 3.88. The molecule has 13 heteroatoms. The third kappa shape index (κ3) is 4.13. The van der Waals surface area contributed by atoms with Gasteiger partial charge in [0.25, 0.3) is 0 Å². The van der Waals surface area contributed by atoms with E-state index in [4.69, 9.17) is 23.4 Å². The first-order chi connectivity index (χ1) is 17.1. The van der Waals surface area contributed by atoms with Crippen LogP contribution >= 0.6 is 0 Å². The first kappa shape index (κ1) is 25.1. The number of rotatable bonds is 6. The summed E-state index contributed by atoms with van der Waals surface area (Å²) >= 11 is 0. The molecule has 1 saturated heterocycles. The van der Waals surface area contributed by atoms with Gasteiger partial charge in [0, 0.05) is 12.1 Å². The van der Waals surface area contributed by atoms with Crippen LogP contribution in [0.3, 0.4) is 0 Å². The minimum absolute atomic E-state index is 0.0189. The Morgan fingerprint density at radius 1 is 0.944 bits per heavy atom. The van der Waals surface area contributed by atoms with Gasteiger partial charge in [-0.25, -0.2) is 4.79 Å². The van der Waals surface area contributed by atoms with Crippen molar-refractivity contribution in [2.24, 2.45) is 0 Å². The molecule has 192 valence electrons. The Morgan fingerprint density at radius 3 is 2.31 bits per heavy atom. The van der Waals surface area contributed by atoms with Gasteiger partial charge in [-0.3, -0.25) is 4.79 Å². The Bertz CT molecular complexity index is 1360. The summed E-state index contributed by atoms with van der Waals surface area (Å²) in [6, 6.07) is 6.02. The molecule has 1 fully saturated rings. The maximum atomic E-state index is 12.9. The lowest BCUT2D eigenvalue weighted by atomic mass is 9.99. The highest BCUT2D eigenvalue weighted by Gasteiger charge is 2.48. The molecule has 2 heterocycles. The lowest BCUT2D eigenvalue weighted by Gasteiger charge is -2.38. The molecular formula is C23H22O13. The molecule has 0 bridgehead atoms. The number of carbonyl (C=O) groups is 1. The number of aliphatic hydroxyl groups is 3. The first-order valence-corrected chi connectivity index (χ1v) is 10.4. The van der Waals surface area contributed by atoms with E-state index in [1.807, 2.05) is 0 Å². The summed E-state index contributed by atoms with van der Waals surface area (Å²) in [6.07, 6.45) is -9.46. The standard InChI is InChI=1S/C23H22O13/c1-32-13-7-10(26)14-9(25)6-12(34-20(14)19(13)33-2)15-8(24)4-3-5-11(15)35-23-18(29)16(27)17(28)21(36-23)22(30)31/h3-7,16-18,21,23-24,26-29H,1-2H3,(H,30,31)/t16-,17+,18+,21-,23-/m1/s1. The number of phenols is 2. The lowest BCUT2D eigenvalue weighted by Crippen LogP contribution is -2.61. The van der Waals surface area contributed by atoms with Gasteiger partial charge in [0.15, 0.2) is 22.9 Å². The molecule has 0 saturated carbocycles. The highest BCUT2D eigenvalue weighted by Crippen LogP contribution is 2.44. The van der Waals surface area contributed by atoms with Crippen LogP contribution in [0.4, 0.5) is 0 Å². The summed E-state index contributed by atoms with van der Waals surface area (Å²) in [4.78, 5) is 24.3. The van der Waals surface area contributed by atoms with Crippen molar-refractivity contribution in [1.29, 1.82) is 0 Å². The summed E-state index contributed by atoms with van der Waals surface area (Å²) < 4.78 is 27.0. The van der Waals surface area contributed by atoms with Crippen molar-refractivity contribution in [3.8, 4) is 40.1 Å². The number of carboxylic acid groups (broad SMARTS) is 1. The Morgan fingerprint density at radius 2 is 1.67 bits per heavy atom. The van der Waals surface area contributed by atoms with Crippen LogP contribution in [0.5, 0.6) is 28.7 Å². The van der Waals surface area contributed by atoms with Crippen LogP contribution in [-0.4, -0.2) is 81.5 Å². The van der Waals surface area contributed by atoms with Crippen molar-refractivity contribution in [2.45, 2.75) is 30.7 Å². The van der Waals surface area contributed by atoms with E-state index in [0.29, 0.717) is 0 Å². The van der Waals surface area contributed by atoms with E-state index in [1.54, 1.807) is 0 Å². The van der Waals surface area contributed by atoms with E-state index >= 15 is 0 Å². The van der Waals surface area contributed by atoms with Gasteiger partial charge in [-0.2, -0.15) is 0 Å². The van der Waals surface area contributed by atoms with Gasteiger partial charge in [0.1, 0.15) is 52.3 Å². The molecule has 1 aromatic heterocycles. The van der Waals surface area contributed by atoms with Crippen LogP contribution < -0.4 is 19.6 Å². The summed E-state index contributed by atoms with van der Waals surface area (Å²) in [6.45, 7) is 0. The van der Waals surface area contributed by atoms with Crippen LogP contribution in [0.25, 0.3) is 22.3 Å². The maximum Gasteiger partial charge on any atom is 0.335 e. The second-order valence-corrected chi connectivity index (χ2v) is 7.81. The number of aliphatic hydroxyl groups excluding tert-OH is 3. The monoisotopic (exact) mass is 506 g/mol. The number of aliphatic carboxylic acids is 1. The molecule has 0 aliphatic carbocycles. The molecule has 4 rings (SSSR count). The molecule has 3 aromatic rings. The van der Waals surface area contributed by atoms with E-state index in [-0.39, 0.29) is 39.5 Å². The second-order valence-electron chi connectivity index (χ2n) is 7.81. The number of benzene rings is 2. The number of fused-ring (bicyclic) bond motifs is 1. The van der Waals surface area contributed by atoms with Gasteiger partial charge < -0.3 is 54.0 Å². The topological polar surface area (TPSA) is 206 Å². The zero-order valence-corrected chi connectivity index (χ0v) is 18.8. The third-order valence-electron chi connectivity index (χ3n) is 5.63. The number of hydrogen-bond donors (Lipinski definition) is 6. The lowest BCUT2D eigenvalue weighted by molar-refractivity contribution is -0.271. The molecule has 2 aromatic carbocycles. The summed E-state index contributed by atoms with van der Waals surface area (Å²) in [5, 5.41) is 60.2. The molecule has 1 aliphatic rings. The normalized spacial score (nSPS) is 23.9. The van der Waals surface area contributed by atoms with Crippen LogP contribution in [0.15, 0.2) is 39.5 Å². The van der Waals surface area contributed by atoms with Crippen LogP contribution in [0, 0.1) is 0 Å². The number of aromatic hydroxyl groups is 2. The van der Waals surface area contributed by atoms with E-state index in [1.165, 1.54) is 38.5 Å². The predicted molar refractivity (Wildman–Crippen MR) is 119 cm³/mol. The van der Waals surface area contributed by atoms with Crippen molar-refractivity contribution in [2.75, 3.05) is 14.2 Å². The van der Waals surface area contributed by atoms with E-state index in [0.717, 1.165) is 6.07 Å². The molecular weight excluding hydrogens is 484 g/mol. The molecule has 0 radical (unpaired) electrons. The number of hydrogen-bond acceptors (Lipinski definition) is 12. The number of carboxylic acids is 1. The maximum absolute atomic E-state index is 12.9. The molecule has 0 spiro atoms. The van der Waals surface area contributed by atoms with Gasteiger partial charge in [-0.05, 0) is 12.1 Å². The zero-order valence-electron chi connectivity index (χ0n) is 18.8. The molecule has 1 aliphatic heterocycles. The number of methoxy groups -OCH3 is 2. The average molecular weight is 506 g/mol. The summed E-state index contributed by atoms with van der Waals surface area (Å²) in [5.74, 6) is -2.95. The van der Waals surface area contributed by atoms with Crippen molar-refractivity contribution in [3.05, 3.63) is 40.6 Å². The minimum atomic E-state index is -1.94. The van der Waals surface area contributed by atoms with E-state index < -0.39 is 53.6 Å². The summed E-state index contributed by atoms with van der Waals surface area (Å²) in [7, 11) is 2.60. The van der Waals surface area contributed by atoms with Crippen LogP contribution in [-0.2, 0) is 9.53 Å². The number of ether oxygens (including phenoxy) is 4. The first-order valence-electron chi connectivity index (χ1n) is 10.4. The molecule has 0 amide bonds. The van der Waals surface area contributed by atoms with E-state index in [2.05, 4.69) is 0 Å². The highest BCUT2D eigenvalue weighted by atomic mass is 16.7. The van der Waals surface area contributed by atoms with Gasteiger partial charge in [-0.1, -0.05) is 6.07 Å². The number of phenolic OH excluding ortho intramolecular Hbond substituents is 2. The van der Waals surface area contributed by atoms with Crippen LogP contribution in [0.2, 0.25) is 0 Å².